The Morgan fingerprint density at radius 2 is 1.58 bits per heavy atom. The van der Waals surface area contributed by atoms with Crippen molar-refractivity contribution in [3.63, 3.8) is 0 Å². The number of carbonyl (C=O) groups is 1. The Bertz CT molecular complexity index is 676. The molecule has 0 heterocycles. The zero-order chi connectivity index (χ0) is 17.5. The molecule has 0 unspecified atom stereocenters. The van der Waals surface area contributed by atoms with Crippen LogP contribution in [0.5, 0.6) is 17.2 Å². The number of hydrogen-bond acceptors (Lipinski definition) is 5. The van der Waals surface area contributed by atoms with Gasteiger partial charge in [0.25, 0.3) is 5.91 Å². The molecular formula is C18H21NO4S. The third-order valence-electron chi connectivity index (χ3n) is 3.53. The molecule has 0 aliphatic heterocycles. The molecule has 0 aliphatic carbocycles. The van der Waals surface area contributed by atoms with Gasteiger partial charge in [-0.2, -0.15) is 0 Å². The highest BCUT2D eigenvalue weighted by Gasteiger charge is 2.14. The molecule has 0 aromatic heterocycles. The zero-order valence-corrected chi connectivity index (χ0v) is 15.0. The number of benzene rings is 2. The van der Waals surface area contributed by atoms with Gasteiger partial charge in [0.2, 0.25) is 5.75 Å². The van der Waals surface area contributed by atoms with Crippen LogP contribution in [0.4, 0.5) is 0 Å². The summed E-state index contributed by atoms with van der Waals surface area (Å²) < 4.78 is 15.9. The Labute approximate surface area is 146 Å². The molecule has 1 amide bonds. The third kappa shape index (κ3) is 4.14. The van der Waals surface area contributed by atoms with E-state index in [1.165, 1.54) is 0 Å². The largest absolute Gasteiger partial charge is 0.493 e. The van der Waals surface area contributed by atoms with Gasteiger partial charge < -0.3 is 19.5 Å². The molecule has 5 nitrogen and oxygen atoms in total. The lowest BCUT2D eigenvalue weighted by molar-refractivity contribution is 0.0950. The Morgan fingerprint density at radius 1 is 1.00 bits per heavy atom. The lowest BCUT2D eigenvalue weighted by Gasteiger charge is -2.14. The molecule has 128 valence electrons. The Kier molecular flexibility index (Phi) is 6.37. The highest BCUT2D eigenvalue weighted by Crippen LogP contribution is 2.38. The van der Waals surface area contributed by atoms with Gasteiger partial charge in [-0.1, -0.05) is 0 Å². The van der Waals surface area contributed by atoms with Crippen LogP contribution in [0.2, 0.25) is 0 Å². The maximum absolute atomic E-state index is 12.2. The number of thioether (sulfide) groups is 1. The molecule has 1 N–H and O–H groups in total. The Hall–Kier alpha value is -2.34. The molecule has 6 heteroatoms. The predicted molar refractivity (Wildman–Crippen MR) is 95.5 cm³/mol. The lowest BCUT2D eigenvalue weighted by Crippen LogP contribution is -2.22. The van der Waals surface area contributed by atoms with Crippen molar-refractivity contribution in [2.75, 3.05) is 27.6 Å². The smallest absolute Gasteiger partial charge is 0.251 e. The molecule has 0 aliphatic rings. The number of ether oxygens (including phenoxy) is 3. The Balaban J connectivity index is 2.11. The lowest BCUT2D eigenvalue weighted by atomic mass is 10.1. The van der Waals surface area contributed by atoms with Crippen LogP contribution in [0, 0.1) is 0 Å². The quantitative estimate of drug-likeness (QED) is 0.778. The molecular weight excluding hydrogens is 326 g/mol. The fourth-order valence-electron chi connectivity index (χ4n) is 2.26. The molecule has 0 bridgehead atoms. The second-order valence-corrected chi connectivity index (χ2v) is 5.82. The van der Waals surface area contributed by atoms with Crippen LogP contribution in [-0.4, -0.2) is 33.5 Å². The number of nitrogens with one attached hydrogen (secondary N) is 1. The van der Waals surface area contributed by atoms with Gasteiger partial charge in [-0.3, -0.25) is 4.79 Å². The van der Waals surface area contributed by atoms with Crippen molar-refractivity contribution < 1.29 is 19.0 Å². The first kappa shape index (κ1) is 18.0. The third-order valence-corrected chi connectivity index (χ3v) is 4.27. The first-order chi connectivity index (χ1) is 11.6. The van der Waals surface area contributed by atoms with Crippen LogP contribution in [0.15, 0.2) is 41.3 Å². The van der Waals surface area contributed by atoms with E-state index >= 15 is 0 Å². The predicted octanol–water partition coefficient (Wildman–Crippen LogP) is 3.36. The van der Waals surface area contributed by atoms with E-state index in [2.05, 4.69) is 5.32 Å². The van der Waals surface area contributed by atoms with Crippen LogP contribution < -0.4 is 19.5 Å². The van der Waals surface area contributed by atoms with Gasteiger partial charge in [0.1, 0.15) is 0 Å². The maximum atomic E-state index is 12.2. The van der Waals surface area contributed by atoms with Crippen molar-refractivity contribution in [2.45, 2.75) is 11.4 Å². The number of methoxy groups -OCH3 is 3. The highest BCUT2D eigenvalue weighted by molar-refractivity contribution is 7.98. The molecule has 24 heavy (non-hydrogen) atoms. The summed E-state index contributed by atoms with van der Waals surface area (Å²) in [6, 6.07) is 11.1. The summed E-state index contributed by atoms with van der Waals surface area (Å²) in [6.07, 6.45) is 2.00. The molecule has 0 saturated heterocycles. The molecule has 0 fully saturated rings. The van der Waals surface area contributed by atoms with Crippen LogP contribution in [0.1, 0.15) is 15.9 Å². The van der Waals surface area contributed by atoms with Crippen molar-refractivity contribution in [3.8, 4) is 17.2 Å². The molecule has 0 atom stereocenters. The summed E-state index contributed by atoms with van der Waals surface area (Å²) in [6.45, 7) is 0.361. The van der Waals surface area contributed by atoms with Crippen molar-refractivity contribution in [1.29, 1.82) is 0 Å². The van der Waals surface area contributed by atoms with Gasteiger partial charge in [-0.25, -0.2) is 0 Å². The van der Waals surface area contributed by atoms with Gasteiger partial charge in [0.15, 0.2) is 11.5 Å². The van der Waals surface area contributed by atoms with Crippen LogP contribution in [0.3, 0.4) is 0 Å². The molecule has 2 rings (SSSR count). The number of hydrogen-bond donors (Lipinski definition) is 1. The average Bonchev–Trinajstić information content (AvgIpc) is 2.65. The van der Waals surface area contributed by atoms with Crippen molar-refractivity contribution in [3.05, 3.63) is 47.5 Å². The molecule has 2 aromatic rings. The van der Waals surface area contributed by atoms with Gasteiger partial charge in [0, 0.05) is 17.0 Å². The molecule has 0 spiro atoms. The minimum Gasteiger partial charge on any atom is -0.493 e. The Morgan fingerprint density at radius 3 is 2.04 bits per heavy atom. The van der Waals surface area contributed by atoms with Crippen molar-refractivity contribution >= 4 is 17.7 Å². The monoisotopic (exact) mass is 347 g/mol. The van der Waals surface area contributed by atoms with Crippen molar-refractivity contribution in [2.24, 2.45) is 0 Å². The minimum atomic E-state index is -0.128. The van der Waals surface area contributed by atoms with Crippen LogP contribution in [0.25, 0.3) is 0 Å². The highest BCUT2D eigenvalue weighted by atomic mass is 32.2. The van der Waals surface area contributed by atoms with E-state index in [-0.39, 0.29) is 5.91 Å². The van der Waals surface area contributed by atoms with Crippen LogP contribution >= 0.6 is 11.8 Å². The van der Waals surface area contributed by atoms with Gasteiger partial charge in [-0.05, 0) is 48.2 Å². The van der Waals surface area contributed by atoms with Gasteiger partial charge in [-0.15, -0.1) is 11.8 Å². The molecule has 0 radical (unpaired) electrons. The second kappa shape index (κ2) is 8.49. The van der Waals surface area contributed by atoms with E-state index in [0.717, 1.165) is 10.5 Å². The summed E-state index contributed by atoms with van der Waals surface area (Å²) in [5.74, 6) is 1.52. The maximum Gasteiger partial charge on any atom is 0.251 e. The van der Waals surface area contributed by atoms with E-state index in [1.807, 2.05) is 42.7 Å². The van der Waals surface area contributed by atoms with Crippen LogP contribution in [-0.2, 0) is 6.54 Å². The molecule has 2 aromatic carbocycles. The number of rotatable bonds is 7. The van der Waals surface area contributed by atoms with E-state index in [0.29, 0.717) is 29.4 Å². The van der Waals surface area contributed by atoms with Gasteiger partial charge >= 0.3 is 0 Å². The van der Waals surface area contributed by atoms with E-state index in [1.54, 1.807) is 33.1 Å². The molecule has 0 saturated carbocycles. The first-order valence-corrected chi connectivity index (χ1v) is 8.56. The van der Waals surface area contributed by atoms with E-state index in [4.69, 9.17) is 14.2 Å². The van der Waals surface area contributed by atoms with E-state index < -0.39 is 0 Å². The SMILES string of the molecule is COc1cc(CNC(=O)c2ccc(SC)cc2)cc(OC)c1OC. The zero-order valence-electron chi connectivity index (χ0n) is 14.2. The average molecular weight is 347 g/mol. The summed E-state index contributed by atoms with van der Waals surface area (Å²) in [7, 11) is 4.68. The standard InChI is InChI=1S/C18H21NO4S/c1-21-15-9-12(10-16(22-2)17(15)23-3)11-19-18(20)13-5-7-14(24-4)8-6-13/h5-10H,11H2,1-4H3,(H,19,20). The fraction of sp³-hybridized carbons (Fsp3) is 0.278. The minimum absolute atomic E-state index is 0.128. The summed E-state index contributed by atoms with van der Waals surface area (Å²) in [5, 5.41) is 2.90. The first-order valence-electron chi connectivity index (χ1n) is 7.34. The topological polar surface area (TPSA) is 56.8 Å². The van der Waals surface area contributed by atoms with Gasteiger partial charge in [0.05, 0.1) is 21.3 Å². The fourth-order valence-corrected chi connectivity index (χ4v) is 2.67. The summed E-state index contributed by atoms with van der Waals surface area (Å²) in [4.78, 5) is 13.4. The van der Waals surface area contributed by atoms with E-state index in [9.17, 15) is 4.79 Å². The number of amides is 1. The second-order valence-electron chi connectivity index (χ2n) is 4.94. The summed E-state index contributed by atoms with van der Waals surface area (Å²) >= 11 is 1.64. The number of carbonyl (C=O) groups excluding carboxylic acids is 1. The normalized spacial score (nSPS) is 10.2. The summed E-state index contributed by atoms with van der Waals surface area (Å²) in [5.41, 5.74) is 1.49. The van der Waals surface area contributed by atoms with Crippen molar-refractivity contribution in [1.82, 2.24) is 5.32 Å².